The van der Waals surface area contributed by atoms with Crippen LogP contribution >= 0.6 is 0 Å². The molecular weight excluding hydrogens is 456 g/mol. The largest absolute Gasteiger partial charge is 0.494 e. The van der Waals surface area contributed by atoms with Gasteiger partial charge in [-0.2, -0.15) is 4.31 Å². The summed E-state index contributed by atoms with van der Waals surface area (Å²) in [6, 6.07) is 20.3. The van der Waals surface area contributed by atoms with Crippen LogP contribution in [0.15, 0.2) is 77.7 Å². The molecule has 1 saturated heterocycles. The minimum Gasteiger partial charge on any atom is -0.494 e. The number of anilines is 1. The van der Waals surface area contributed by atoms with Gasteiger partial charge in [0, 0.05) is 18.8 Å². The van der Waals surface area contributed by atoms with Gasteiger partial charge in [-0.25, -0.2) is 8.42 Å². The molecule has 0 spiro atoms. The molecule has 0 radical (unpaired) electrons. The normalized spacial score (nSPS) is 14.4. The summed E-state index contributed by atoms with van der Waals surface area (Å²) in [7, 11) is -3.81. The summed E-state index contributed by atoms with van der Waals surface area (Å²) in [6.45, 7) is 3.70. The van der Waals surface area contributed by atoms with Crippen LogP contribution in [0, 0.1) is 0 Å². The number of ether oxygens (including phenoxy) is 3. The molecule has 1 heterocycles. The van der Waals surface area contributed by atoms with Gasteiger partial charge < -0.3 is 19.5 Å². The van der Waals surface area contributed by atoms with Gasteiger partial charge in [0.2, 0.25) is 10.0 Å². The van der Waals surface area contributed by atoms with E-state index in [9.17, 15) is 13.2 Å². The Morgan fingerprint density at radius 3 is 2.15 bits per heavy atom. The number of benzene rings is 3. The molecule has 0 unspecified atom stereocenters. The van der Waals surface area contributed by atoms with Gasteiger partial charge in [-0.05, 0) is 67.6 Å². The minimum atomic E-state index is -3.81. The van der Waals surface area contributed by atoms with Crippen LogP contribution in [0.1, 0.15) is 17.3 Å². The molecule has 3 aromatic carbocycles. The Kier molecular flexibility index (Phi) is 7.46. The average Bonchev–Trinajstić information content (AvgIpc) is 2.87. The van der Waals surface area contributed by atoms with E-state index in [-0.39, 0.29) is 23.5 Å². The highest BCUT2D eigenvalue weighted by atomic mass is 32.2. The van der Waals surface area contributed by atoms with Gasteiger partial charge in [0.1, 0.15) is 17.2 Å². The van der Waals surface area contributed by atoms with Crippen molar-refractivity contribution in [2.75, 3.05) is 38.2 Å². The van der Waals surface area contributed by atoms with Crippen LogP contribution in [-0.4, -0.2) is 51.5 Å². The first-order valence-electron chi connectivity index (χ1n) is 11.0. The number of hydrogen-bond acceptors (Lipinski definition) is 6. The number of sulfonamides is 1. The number of rotatable bonds is 8. The molecule has 34 heavy (non-hydrogen) atoms. The molecule has 0 saturated carbocycles. The second kappa shape index (κ2) is 10.7. The monoisotopic (exact) mass is 482 g/mol. The second-order valence-corrected chi connectivity index (χ2v) is 9.40. The highest BCUT2D eigenvalue weighted by Crippen LogP contribution is 2.26. The smallest absolute Gasteiger partial charge is 0.257 e. The zero-order valence-corrected chi connectivity index (χ0v) is 19.6. The summed E-state index contributed by atoms with van der Waals surface area (Å²) >= 11 is 0. The number of amides is 1. The third-order valence-corrected chi connectivity index (χ3v) is 7.16. The maximum atomic E-state index is 13.1. The Labute approximate surface area is 199 Å². The molecule has 1 aliphatic heterocycles. The molecule has 4 rings (SSSR count). The van der Waals surface area contributed by atoms with Crippen molar-refractivity contribution in [2.45, 2.75) is 11.8 Å². The van der Waals surface area contributed by atoms with Crippen LogP contribution in [-0.2, 0) is 14.8 Å². The minimum absolute atomic E-state index is 0.0233. The third-order valence-electron chi connectivity index (χ3n) is 5.20. The van der Waals surface area contributed by atoms with Gasteiger partial charge in [0.05, 0.1) is 30.3 Å². The van der Waals surface area contributed by atoms with Crippen LogP contribution in [0.4, 0.5) is 5.69 Å². The first-order chi connectivity index (χ1) is 16.5. The van der Waals surface area contributed by atoms with E-state index in [0.29, 0.717) is 37.0 Å². The number of carbonyl (C=O) groups excluding carboxylic acids is 1. The van der Waals surface area contributed by atoms with E-state index in [1.165, 1.54) is 16.4 Å². The predicted molar refractivity (Wildman–Crippen MR) is 128 cm³/mol. The first kappa shape index (κ1) is 23.7. The molecule has 1 fully saturated rings. The third kappa shape index (κ3) is 5.56. The molecule has 0 atom stereocenters. The Bertz CT molecular complexity index is 1220. The maximum absolute atomic E-state index is 13.1. The van der Waals surface area contributed by atoms with Crippen molar-refractivity contribution in [2.24, 2.45) is 0 Å². The van der Waals surface area contributed by atoms with Crippen LogP contribution in [0.5, 0.6) is 17.2 Å². The van der Waals surface area contributed by atoms with Crippen LogP contribution in [0.25, 0.3) is 0 Å². The van der Waals surface area contributed by atoms with E-state index in [4.69, 9.17) is 14.2 Å². The Balaban J connectivity index is 1.45. The van der Waals surface area contributed by atoms with Crippen molar-refractivity contribution in [1.82, 2.24) is 4.31 Å². The lowest BCUT2D eigenvalue weighted by Crippen LogP contribution is -2.41. The average molecular weight is 483 g/mol. The zero-order valence-electron chi connectivity index (χ0n) is 18.8. The molecule has 0 aromatic heterocycles. The fourth-order valence-corrected chi connectivity index (χ4v) is 5.11. The van der Waals surface area contributed by atoms with E-state index < -0.39 is 15.9 Å². The van der Waals surface area contributed by atoms with E-state index >= 15 is 0 Å². The molecular formula is C25H26N2O6S. The molecule has 8 nitrogen and oxygen atoms in total. The Morgan fingerprint density at radius 2 is 1.50 bits per heavy atom. The molecule has 3 aromatic rings. The van der Waals surface area contributed by atoms with Gasteiger partial charge in [-0.15, -0.1) is 0 Å². The fraction of sp³-hybridized carbons (Fsp3) is 0.240. The summed E-state index contributed by atoms with van der Waals surface area (Å²) in [4.78, 5) is 12.9. The predicted octanol–water partition coefficient (Wildman–Crippen LogP) is 4.15. The molecule has 1 N–H and O–H groups in total. The molecule has 1 aliphatic rings. The summed E-state index contributed by atoms with van der Waals surface area (Å²) in [5.74, 6) is 1.51. The van der Waals surface area contributed by atoms with Gasteiger partial charge in [-0.3, -0.25) is 4.79 Å². The van der Waals surface area contributed by atoms with Crippen molar-refractivity contribution < 1.29 is 27.4 Å². The standard InChI is InChI=1S/C25H26N2O6S/c1-2-32-20-11-13-22(14-12-20)33-21-9-7-19(8-10-21)26-25(28)23-5-3-4-6-24(23)34(29,30)27-15-17-31-18-16-27/h3-14H,2,15-18H2,1H3,(H,26,28). The maximum Gasteiger partial charge on any atom is 0.257 e. The summed E-state index contributed by atoms with van der Waals surface area (Å²) in [5, 5.41) is 2.77. The Hall–Kier alpha value is -3.40. The topological polar surface area (TPSA) is 94.2 Å². The van der Waals surface area contributed by atoms with Crippen molar-refractivity contribution in [3.63, 3.8) is 0 Å². The first-order valence-corrected chi connectivity index (χ1v) is 12.4. The molecule has 9 heteroatoms. The number of carbonyl (C=O) groups is 1. The lowest BCUT2D eigenvalue weighted by atomic mass is 10.2. The van der Waals surface area contributed by atoms with Crippen molar-refractivity contribution in [3.05, 3.63) is 78.4 Å². The van der Waals surface area contributed by atoms with Gasteiger partial charge in [-0.1, -0.05) is 12.1 Å². The summed E-state index contributed by atoms with van der Waals surface area (Å²) in [5.41, 5.74) is 0.603. The number of nitrogens with one attached hydrogen (secondary N) is 1. The van der Waals surface area contributed by atoms with E-state index in [2.05, 4.69) is 5.32 Å². The molecule has 178 valence electrons. The van der Waals surface area contributed by atoms with Crippen LogP contribution in [0.2, 0.25) is 0 Å². The molecule has 0 aliphatic carbocycles. The van der Waals surface area contributed by atoms with E-state index in [1.54, 1.807) is 36.4 Å². The number of morpholine rings is 1. The lowest BCUT2D eigenvalue weighted by Gasteiger charge is -2.26. The SMILES string of the molecule is CCOc1ccc(Oc2ccc(NC(=O)c3ccccc3S(=O)(=O)N3CCOCC3)cc2)cc1. The lowest BCUT2D eigenvalue weighted by molar-refractivity contribution is 0.0730. The van der Waals surface area contributed by atoms with E-state index in [0.717, 1.165) is 5.75 Å². The van der Waals surface area contributed by atoms with Crippen LogP contribution < -0.4 is 14.8 Å². The quantitative estimate of drug-likeness (QED) is 0.518. The number of hydrogen-bond donors (Lipinski definition) is 1. The number of nitrogens with zero attached hydrogens (tertiary/aromatic N) is 1. The van der Waals surface area contributed by atoms with Crippen molar-refractivity contribution >= 4 is 21.6 Å². The van der Waals surface area contributed by atoms with Crippen molar-refractivity contribution in [1.29, 1.82) is 0 Å². The van der Waals surface area contributed by atoms with Crippen LogP contribution in [0.3, 0.4) is 0 Å². The fourth-order valence-electron chi connectivity index (χ4n) is 3.52. The van der Waals surface area contributed by atoms with E-state index in [1.807, 2.05) is 31.2 Å². The zero-order chi connectivity index (χ0) is 24.0. The second-order valence-electron chi connectivity index (χ2n) is 7.50. The molecule has 0 bridgehead atoms. The van der Waals surface area contributed by atoms with Gasteiger partial charge in [0.15, 0.2) is 0 Å². The summed E-state index contributed by atoms with van der Waals surface area (Å²) < 4.78 is 44.1. The summed E-state index contributed by atoms with van der Waals surface area (Å²) in [6.07, 6.45) is 0. The highest BCUT2D eigenvalue weighted by Gasteiger charge is 2.30. The van der Waals surface area contributed by atoms with Crippen molar-refractivity contribution in [3.8, 4) is 17.2 Å². The molecule has 1 amide bonds. The van der Waals surface area contributed by atoms with Gasteiger partial charge >= 0.3 is 0 Å². The highest BCUT2D eigenvalue weighted by molar-refractivity contribution is 7.89. The van der Waals surface area contributed by atoms with Gasteiger partial charge in [0.25, 0.3) is 5.91 Å². The Morgan fingerprint density at radius 1 is 0.912 bits per heavy atom.